The average molecular weight is 345 g/mol. The predicted molar refractivity (Wildman–Crippen MR) is 95.5 cm³/mol. The summed E-state index contributed by atoms with van der Waals surface area (Å²) in [5.74, 6) is 0.0660. The summed E-state index contributed by atoms with van der Waals surface area (Å²) in [6.07, 6.45) is 1.45. The monoisotopic (exact) mass is 345 g/mol. The second-order valence-corrected chi connectivity index (χ2v) is 6.95. The van der Waals surface area contributed by atoms with Crippen molar-refractivity contribution in [2.24, 2.45) is 0 Å². The minimum atomic E-state index is -0.291. The maximum Gasteiger partial charge on any atom is 0.253 e. The van der Waals surface area contributed by atoms with Gasteiger partial charge < -0.3 is 20.3 Å². The number of carbonyl (C=O) groups is 2. The lowest BCUT2D eigenvalue weighted by molar-refractivity contribution is -0.129. The highest BCUT2D eigenvalue weighted by molar-refractivity contribution is 5.94. The third-order valence-electron chi connectivity index (χ3n) is 5.03. The molecular formula is C19H27N3O3. The standard InChI is InChI=1S/C19H27N3O3/c1-13-3-5-15(6-4-13)19(24)22-10-7-16(8-11-22)21-18(23)17-14(2)25-12-9-20-17/h3-6,14,16-17,20H,7-12H2,1-2H3,(H,21,23)/t14-,17+/m1/s1. The number of morpholine rings is 1. The molecule has 0 saturated carbocycles. The number of nitrogens with one attached hydrogen (secondary N) is 2. The molecule has 2 aliphatic heterocycles. The number of rotatable bonds is 3. The van der Waals surface area contributed by atoms with Crippen molar-refractivity contribution >= 4 is 11.8 Å². The van der Waals surface area contributed by atoms with E-state index in [1.165, 1.54) is 0 Å². The number of ether oxygens (including phenoxy) is 1. The van der Waals surface area contributed by atoms with Gasteiger partial charge in [0.15, 0.2) is 0 Å². The summed E-state index contributed by atoms with van der Waals surface area (Å²) in [5, 5.41) is 6.32. The smallest absolute Gasteiger partial charge is 0.253 e. The molecule has 0 radical (unpaired) electrons. The van der Waals surface area contributed by atoms with Crippen LogP contribution in [0.3, 0.4) is 0 Å². The third-order valence-corrected chi connectivity index (χ3v) is 5.03. The highest BCUT2D eigenvalue weighted by Crippen LogP contribution is 2.15. The lowest BCUT2D eigenvalue weighted by Crippen LogP contribution is -2.58. The summed E-state index contributed by atoms with van der Waals surface area (Å²) in [5.41, 5.74) is 1.87. The molecule has 0 unspecified atom stereocenters. The van der Waals surface area contributed by atoms with Gasteiger partial charge in [-0.05, 0) is 38.8 Å². The van der Waals surface area contributed by atoms with E-state index in [9.17, 15) is 9.59 Å². The Morgan fingerprint density at radius 1 is 1.20 bits per heavy atom. The first kappa shape index (κ1) is 17.9. The van der Waals surface area contributed by atoms with Crippen LogP contribution in [0.5, 0.6) is 0 Å². The van der Waals surface area contributed by atoms with Crippen LogP contribution in [0.2, 0.25) is 0 Å². The quantitative estimate of drug-likeness (QED) is 0.860. The van der Waals surface area contributed by atoms with Gasteiger partial charge in [0.05, 0.1) is 12.7 Å². The molecule has 2 saturated heterocycles. The van der Waals surface area contributed by atoms with Crippen LogP contribution in [0.15, 0.2) is 24.3 Å². The van der Waals surface area contributed by atoms with Crippen molar-refractivity contribution in [2.45, 2.75) is 44.9 Å². The molecule has 0 bridgehead atoms. The molecule has 1 aromatic carbocycles. The summed E-state index contributed by atoms with van der Waals surface area (Å²) >= 11 is 0. The molecule has 2 N–H and O–H groups in total. The Hall–Kier alpha value is -1.92. The van der Waals surface area contributed by atoms with Crippen LogP contribution in [0, 0.1) is 6.92 Å². The molecule has 0 aliphatic carbocycles. The minimum Gasteiger partial charge on any atom is -0.375 e. The van der Waals surface area contributed by atoms with Crippen LogP contribution in [0.25, 0.3) is 0 Å². The van der Waals surface area contributed by atoms with Crippen LogP contribution in [-0.2, 0) is 9.53 Å². The van der Waals surface area contributed by atoms with E-state index in [4.69, 9.17) is 4.74 Å². The molecule has 136 valence electrons. The van der Waals surface area contributed by atoms with E-state index in [-0.39, 0.29) is 30.0 Å². The Kier molecular flexibility index (Phi) is 5.71. The summed E-state index contributed by atoms with van der Waals surface area (Å²) < 4.78 is 5.53. The number of piperidine rings is 1. The number of likely N-dealkylation sites (tertiary alicyclic amines) is 1. The van der Waals surface area contributed by atoms with Crippen molar-refractivity contribution in [2.75, 3.05) is 26.2 Å². The third kappa shape index (κ3) is 4.38. The van der Waals surface area contributed by atoms with Crippen LogP contribution >= 0.6 is 0 Å². The molecule has 0 spiro atoms. The van der Waals surface area contributed by atoms with Gasteiger partial charge in [0.25, 0.3) is 5.91 Å². The minimum absolute atomic E-state index is 0.00416. The number of hydrogen-bond donors (Lipinski definition) is 2. The summed E-state index contributed by atoms with van der Waals surface area (Å²) in [7, 11) is 0. The van der Waals surface area contributed by atoms with Gasteiger partial charge in [0.2, 0.25) is 5.91 Å². The first-order valence-corrected chi connectivity index (χ1v) is 9.06. The topological polar surface area (TPSA) is 70.7 Å². The molecule has 2 amide bonds. The highest BCUT2D eigenvalue weighted by atomic mass is 16.5. The highest BCUT2D eigenvalue weighted by Gasteiger charge is 2.31. The van der Waals surface area contributed by atoms with E-state index in [0.29, 0.717) is 26.2 Å². The number of aryl methyl sites for hydroxylation is 1. The number of benzene rings is 1. The van der Waals surface area contributed by atoms with Crippen molar-refractivity contribution in [3.05, 3.63) is 35.4 Å². The van der Waals surface area contributed by atoms with E-state index >= 15 is 0 Å². The normalized spacial score (nSPS) is 24.8. The Balaban J connectivity index is 1.49. The Morgan fingerprint density at radius 2 is 1.88 bits per heavy atom. The van der Waals surface area contributed by atoms with Crippen LogP contribution < -0.4 is 10.6 Å². The number of hydrogen-bond acceptors (Lipinski definition) is 4. The molecule has 0 aromatic heterocycles. The van der Waals surface area contributed by atoms with Crippen molar-refractivity contribution < 1.29 is 14.3 Å². The Morgan fingerprint density at radius 3 is 2.52 bits per heavy atom. The molecular weight excluding hydrogens is 318 g/mol. The molecule has 3 rings (SSSR count). The summed E-state index contributed by atoms with van der Waals surface area (Å²) in [6, 6.07) is 7.50. The fourth-order valence-electron chi connectivity index (χ4n) is 3.42. The van der Waals surface area contributed by atoms with Crippen molar-refractivity contribution in [3.63, 3.8) is 0 Å². The van der Waals surface area contributed by atoms with Crippen LogP contribution in [0.1, 0.15) is 35.7 Å². The fourth-order valence-corrected chi connectivity index (χ4v) is 3.42. The molecule has 25 heavy (non-hydrogen) atoms. The summed E-state index contributed by atoms with van der Waals surface area (Å²) in [4.78, 5) is 26.8. The number of amides is 2. The molecule has 2 aliphatic rings. The maximum absolute atomic E-state index is 12.5. The largest absolute Gasteiger partial charge is 0.375 e. The van der Waals surface area contributed by atoms with Gasteiger partial charge >= 0.3 is 0 Å². The van der Waals surface area contributed by atoms with E-state index in [2.05, 4.69) is 10.6 Å². The Bertz CT molecular complexity index is 609. The van der Waals surface area contributed by atoms with Crippen molar-refractivity contribution in [1.29, 1.82) is 0 Å². The van der Waals surface area contributed by atoms with Crippen molar-refractivity contribution in [1.82, 2.24) is 15.5 Å². The van der Waals surface area contributed by atoms with Gasteiger partial charge in [-0.25, -0.2) is 0 Å². The molecule has 6 heteroatoms. The first-order valence-electron chi connectivity index (χ1n) is 9.06. The van der Waals surface area contributed by atoms with E-state index in [0.717, 1.165) is 24.0 Å². The zero-order chi connectivity index (χ0) is 17.8. The molecule has 2 fully saturated rings. The van der Waals surface area contributed by atoms with Gasteiger partial charge in [0, 0.05) is 31.2 Å². The lowest BCUT2D eigenvalue weighted by atomic mass is 10.0. The van der Waals surface area contributed by atoms with Gasteiger partial charge in [-0.15, -0.1) is 0 Å². The van der Waals surface area contributed by atoms with E-state index < -0.39 is 0 Å². The van der Waals surface area contributed by atoms with Crippen molar-refractivity contribution in [3.8, 4) is 0 Å². The van der Waals surface area contributed by atoms with E-state index in [1.54, 1.807) is 0 Å². The van der Waals surface area contributed by atoms with Crippen LogP contribution in [-0.4, -0.2) is 61.1 Å². The lowest BCUT2D eigenvalue weighted by Gasteiger charge is -2.35. The molecule has 6 nitrogen and oxygen atoms in total. The van der Waals surface area contributed by atoms with Gasteiger partial charge in [-0.1, -0.05) is 17.7 Å². The number of carbonyl (C=O) groups excluding carboxylic acids is 2. The summed E-state index contributed by atoms with van der Waals surface area (Å²) in [6.45, 7) is 6.61. The zero-order valence-corrected chi connectivity index (χ0v) is 15.0. The molecule has 2 heterocycles. The second kappa shape index (κ2) is 7.97. The van der Waals surface area contributed by atoms with Crippen LogP contribution in [0.4, 0.5) is 0 Å². The SMILES string of the molecule is Cc1ccc(C(=O)N2CCC(NC(=O)[C@H]3NCCO[C@@H]3C)CC2)cc1. The van der Waals surface area contributed by atoms with Gasteiger partial charge in [-0.3, -0.25) is 9.59 Å². The first-order chi connectivity index (χ1) is 12.0. The van der Waals surface area contributed by atoms with E-state index in [1.807, 2.05) is 43.0 Å². The zero-order valence-electron chi connectivity index (χ0n) is 15.0. The fraction of sp³-hybridized carbons (Fsp3) is 0.579. The number of nitrogens with zero attached hydrogens (tertiary/aromatic N) is 1. The predicted octanol–water partition coefficient (Wildman–Crippen LogP) is 1.09. The second-order valence-electron chi connectivity index (χ2n) is 6.95. The molecule has 2 atom stereocenters. The Labute approximate surface area is 148 Å². The molecule has 1 aromatic rings. The van der Waals surface area contributed by atoms with Gasteiger partial charge in [0.1, 0.15) is 6.04 Å². The van der Waals surface area contributed by atoms with Gasteiger partial charge in [-0.2, -0.15) is 0 Å². The maximum atomic E-state index is 12.5. The average Bonchev–Trinajstić information content (AvgIpc) is 2.63.